The van der Waals surface area contributed by atoms with Crippen molar-refractivity contribution in [2.45, 2.75) is 0 Å². The fraction of sp³-hybridized carbons (Fsp3) is 0.100. The third kappa shape index (κ3) is 3.97. The lowest BCUT2D eigenvalue weighted by Gasteiger charge is -1.98. The summed E-state index contributed by atoms with van der Waals surface area (Å²) < 4.78 is 0. The van der Waals surface area contributed by atoms with Gasteiger partial charge in [0.2, 0.25) is 0 Å². The second-order valence-corrected chi connectivity index (χ2v) is 2.86. The van der Waals surface area contributed by atoms with Crippen LogP contribution in [0.3, 0.4) is 0 Å². The molecule has 0 amide bonds. The zero-order valence-corrected chi connectivity index (χ0v) is 8.21. The highest BCUT2D eigenvalue weighted by Gasteiger charge is 2.08. The van der Waals surface area contributed by atoms with Crippen LogP contribution in [0.1, 0.15) is 5.56 Å². The van der Waals surface area contributed by atoms with E-state index in [4.69, 9.17) is 14.9 Å². The zero-order chi connectivity index (χ0) is 11.1. The van der Waals surface area contributed by atoms with Crippen LogP contribution in [0.25, 0.3) is 0 Å². The normalized spacial score (nSPS) is 10.3. The third-order valence-electron chi connectivity index (χ3n) is 1.70. The van der Waals surface area contributed by atoms with Crippen LogP contribution in [0.15, 0.2) is 42.1 Å². The molecule has 0 atom stereocenters. The third-order valence-corrected chi connectivity index (χ3v) is 1.70. The van der Waals surface area contributed by atoms with Crippen molar-refractivity contribution in [3.63, 3.8) is 0 Å². The molecule has 1 aromatic rings. The molecule has 0 spiro atoms. The van der Waals surface area contributed by atoms with Crippen molar-refractivity contribution in [2.24, 2.45) is 5.16 Å². The van der Waals surface area contributed by atoms with Crippen LogP contribution < -0.4 is 5.46 Å². The molecule has 0 aliphatic heterocycles. The van der Waals surface area contributed by atoms with Crippen molar-refractivity contribution in [3.8, 4) is 0 Å². The van der Waals surface area contributed by atoms with E-state index in [2.05, 4.69) is 11.7 Å². The van der Waals surface area contributed by atoms with Gasteiger partial charge in [-0.1, -0.05) is 42.1 Å². The van der Waals surface area contributed by atoms with Crippen LogP contribution in [0.5, 0.6) is 0 Å². The first-order valence-corrected chi connectivity index (χ1v) is 4.46. The van der Waals surface area contributed by atoms with E-state index in [1.165, 1.54) is 6.21 Å². The average Bonchev–Trinajstić information content (AvgIpc) is 2.25. The van der Waals surface area contributed by atoms with Gasteiger partial charge in [-0.05, 0) is 11.0 Å². The summed E-state index contributed by atoms with van der Waals surface area (Å²) in [6.07, 6.45) is 3.14. The fourth-order valence-corrected chi connectivity index (χ4v) is 0.948. The van der Waals surface area contributed by atoms with E-state index in [1.807, 2.05) is 0 Å². The maximum atomic E-state index is 8.85. The minimum absolute atomic E-state index is 0.365. The highest BCUT2D eigenvalue weighted by molar-refractivity contribution is 6.58. The van der Waals surface area contributed by atoms with Gasteiger partial charge >= 0.3 is 7.12 Å². The van der Waals surface area contributed by atoms with E-state index in [1.54, 1.807) is 30.3 Å². The molecule has 0 aromatic heterocycles. The summed E-state index contributed by atoms with van der Waals surface area (Å²) in [5, 5.41) is 21.4. The lowest BCUT2D eigenvalue weighted by Crippen LogP contribution is -2.29. The van der Waals surface area contributed by atoms with Crippen LogP contribution in [-0.2, 0) is 4.84 Å². The molecule has 0 fully saturated rings. The van der Waals surface area contributed by atoms with Gasteiger partial charge in [0.15, 0.2) is 0 Å². The topological polar surface area (TPSA) is 62.0 Å². The SMILES string of the molecule is C=CCON=Cc1ccc(B(O)O)cc1. The van der Waals surface area contributed by atoms with E-state index in [9.17, 15) is 0 Å². The van der Waals surface area contributed by atoms with E-state index in [0.717, 1.165) is 5.56 Å². The number of oxime groups is 1. The second kappa shape index (κ2) is 6.00. The molecule has 0 heterocycles. The monoisotopic (exact) mass is 205 g/mol. The van der Waals surface area contributed by atoms with E-state index >= 15 is 0 Å². The molecule has 15 heavy (non-hydrogen) atoms. The molecule has 0 saturated carbocycles. The van der Waals surface area contributed by atoms with Crippen molar-refractivity contribution in [2.75, 3.05) is 6.61 Å². The number of hydrogen-bond donors (Lipinski definition) is 2. The molecule has 4 nitrogen and oxygen atoms in total. The van der Waals surface area contributed by atoms with Crippen molar-refractivity contribution in [3.05, 3.63) is 42.5 Å². The predicted octanol–water partition coefficient (Wildman–Crippen LogP) is -0.0971. The number of benzene rings is 1. The Morgan fingerprint density at radius 2 is 2.00 bits per heavy atom. The Kier molecular flexibility index (Phi) is 4.60. The first-order valence-electron chi connectivity index (χ1n) is 4.46. The largest absolute Gasteiger partial charge is 0.488 e. The van der Waals surface area contributed by atoms with Gasteiger partial charge in [-0.15, -0.1) is 0 Å². The number of hydrogen-bond acceptors (Lipinski definition) is 4. The predicted molar refractivity (Wildman–Crippen MR) is 60.0 cm³/mol. The van der Waals surface area contributed by atoms with Crippen molar-refractivity contribution in [1.82, 2.24) is 0 Å². The van der Waals surface area contributed by atoms with E-state index < -0.39 is 7.12 Å². The molecular formula is C10H12BNO3. The Morgan fingerprint density at radius 1 is 1.33 bits per heavy atom. The van der Waals surface area contributed by atoms with Crippen LogP contribution >= 0.6 is 0 Å². The molecule has 0 bridgehead atoms. The van der Waals surface area contributed by atoms with Crippen molar-refractivity contribution >= 4 is 18.8 Å². The van der Waals surface area contributed by atoms with Crippen LogP contribution in [0.2, 0.25) is 0 Å². The molecule has 1 rings (SSSR count). The number of rotatable bonds is 5. The highest BCUT2D eigenvalue weighted by atomic mass is 16.6. The summed E-state index contributed by atoms with van der Waals surface area (Å²) in [7, 11) is -1.44. The second-order valence-electron chi connectivity index (χ2n) is 2.86. The Balaban J connectivity index is 2.56. The van der Waals surface area contributed by atoms with Crippen LogP contribution in [-0.4, -0.2) is 30.0 Å². The molecule has 0 unspecified atom stereocenters. The van der Waals surface area contributed by atoms with Gasteiger partial charge in [-0.25, -0.2) is 0 Å². The minimum atomic E-state index is -1.44. The lowest BCUT2D eigenvalue weighted by molar-refractivity contribution is 0.176. The Morgan fingerprint density at radius 3 is 2.53 bits per heavy atom. The van der Waals surface area contributed by atoms with Gasteiger partial charge in [0.05, 0.1) is 6.21 Å². The van der Waals surface area contributed by atoms with Gasteiger partial charge in [0.25, 0.3) is 0 Å². The molecule has 78 valence electrons. The smallest absolute Gasteiger partial charge is 0.423 e. The van der Waals surface area contributed by atoms with Crippen LogP contribution in [0.4, 0.5) is 0 Å². The quantitative estimate of drug-likeness (QED) is 0.232. The highest BCUT2D eigenvalue weighted by Crippen LogP contribution is 1.94. The molecule has 0 saturated heterocycles. The molecular weight excluding hydrogens is 193 g/mol. The summed E-state index contributed by atoms with van der Waals surface area (Å²) in [6.45, 7) is 3.85. The Hall–Kier alpha value is -1.59. The Labute approximate surface area is 88.6 Å². The summed E-state index contributed by atoms with van der Waals surface area (Å²) in [4.78, 5) is 4.82. The summed E-state index contributed by atoms with van der Waals surface area (Å²) in [5.41, 5.74) is 1.27. The van der Waals surface area contributed by atoms with Gasteiger partial charge in [0.1, 0.15) is 6.61 Å². The zero-order valence-electron chi connectivity index (χ0n) is 8.21. The molecule has 2 N–H and O–H groups in total. The van der Waals surface area contributed by atoms with Gasteiger partial charge in [-0.2, -0.15) is 0 Å². The Bertz CT molecular complexity index is 335. The van der Waals surface area contributed by atoms with Crippen LogP contribution in [0, 0.1) is 0 Å². The maximum absolute atomic E-state index is 8.85. The molecule has 1 aromatic carbocycles. The maximum Gasteiger partial charge on any atom is 0.488 e. The average molecular weight is 205 g/mol. The summed E-state index contributed by atoms with van der Waals surface area (Å²) in [6, 6.07) is 6.66. The van der Waals surface area contributed by atoms with Gasteiger partial charge in [0, 0.05) is 0 Å². The minimum Gasteiger partial charge on any atom is -0.423 e. The lowest BCUT2D eigenvalue weighted by atomic mass is 9.80. The van der Waals surface area contributed by atoms with E-state index in [0.29, 0.717) is 12.1 Å². The molecule has 0 aliphatic rings. The summed E-state index contributed by atoms with van der Waals surface area (Å²) in [5.74, 6) is 0. The van der Waals surface area contributed by atoms with Gasteiger partial charge in [-0.3, -0.25) is 0 Å². The fourth-order valence-electron chi connectivity index (χ4n) is 0.948. The van der Waals surface area contributed by atoms with E-state index in [-0.39, 0.29) is 0 Å². The first kappa shape index (κ1) is 11.5. The summed E-state index contributed by atoms with van der Waals surface area (Å²) >= 11 is 0. The molecule has 0 radical (unpaired) electrons. The number of nitrogens with zero attached hydrogens (tertiary/aromatic N) is 1. The first-order chi connectivity index (χ1) is 7.24. The standard InChI is InChI=1S/C10H12BNO3/c1-2-7-15-12-8-9-3-5-10(6-4-9)11(13)14/h2-6,8,13-14H,1,7H2. The molecule has 0 aliphatic carbocycles. The molecule has 5 heteroatoms. The van der Waals surface area contributed by atoms with Crippen molar-refractivity contribution < 1.29 is 14.9 Å². The van der Waals surface area contributed by atoms with Gasteiger partial charge < -0.3 is 14.9 Å². The van der Waals surface area contributed by atoms with Crippen molar-refractivity contribution in [1.29, 1.82) is 0 Å².